The second-order valence-corrected chi connectivity index (χ2v) is 10.4. The van der Waals surface area contributed by atoms with Crippen molar-refractivity contribution in [3.05, 3.63) is 56.0 Å². The highest BCUT2D eigenvalue weighted by atomic mass is 32.1. The Morgan fingerprint density at radius 1 is 1.18 bits per heavy atom. The molecule has 1 aliphatic heterocycles. The van der Waals surface area contributed by atoms with Crippen molar-refractivity contribution in [3.63, 3.8) is 0 Å². The number of nitrogens with zero attached hydrogens (tertiary/aromatic N) is 3. The van der Waals surface area contributed by atoms with Crippen LogP contribution in [0.15, 0.2) is 18.2 Å². The van der Waals surface area contributed by atoms with Gasteiger partial charge in [-0.2, -0.15) is 0 Å². The van der Waals surface area contributed by atoms with Crippen molar-refractivity contribution in [3.8, 4) is 0 Å². The van der Waals surface area contributed by atoms with E-state index in [1.165, 1.54) is 27.6 Å². The predicted octanol–water partition coefficient (Wildman–Crippen LogP) is 5.36. The molecule has 0 atom stereocenters. The van der Waals surface area contributed by atoms with Crippen LogP contribution >= 0.6 is 22.7 Å². The number of fused-ring (bicyclic) bond motifs is 1. The van der Waals surface area contributed by atoms with E-state index < -0.39 is 5.97 Å². The van der Waals surface area contributed by atoms with Crippen LogP contribution in [0.25, 0.3) is 0 Å². The van der Waals surface area contributed by atoms with Crippen LogP contribution in [0.3, 0.4) is 0 Å². The molecule has 0 aliphatic carbocycles. The van der Waals surface area contributed by atoms with E-state index in [1.807, 2.05) is 26.0 Å². The predicted molar refractivity (Wildman–Crippen MR) is 133 cm³/mol. The fourth-order valence-electron chi connectivity index (χ4n) is 4.11. The number of aromatic nitrogens is 2. The van der Waals surface area contributed by atoms with Crippen molar-refractivity contribution < 1.29 is 14.7 Å². The summed E-state index contributed by atoms with van der Waals surface area (Å²) in [5.41, 5.74) is 3.90. The van der Waals surface area contributed by atoms with Crippen molar-refractivity contribution in [2.24, 2.45) is 0 Å². The molecule has 0 unspecified atom stereocenters. The van der Waals surface area contributed by atoms with Crippen LogP contribution in [-0.2, 0) is 25.8 Å². The smallest absolute Gasteiger partial charge is 0.355 e. The van der Waals surface area contributed by atoms with E-state index in [4.69, 9.17) is 0 Å². The average molecular weight is 485 g/mol. The van der Waals surface area contributed by atoms with Crippen molar-refractivity contribution in [1.29, 1.82) is 0 Å². The molecule has 9 heteroatoms. The SMILES string of the molecule is CCc1nc(NC(=O)c2cccc3c2CN(c2nc(C(=O)O)c(C(C)C)s2)CC3)sc1CC. The number of carboxylic acids is 1. The molecule has 0 saturated carbocycles. The number of carbonyl (C=O) groups is 2. The van der Waals surface area contributed by atoms with Crippen LogP contribution in [0.2, 0.25) is 0 Å². The van der Waals surface area contributed by atoms with Crippen LogP contribution < -0.4 is 10.2 Å². The van der Waals surface area contributed by atoms with E-state index in [9.17, 15) is 14.7 Å². The van der Waals surface area contributed by atoms with Gasteiger partial charge in [0.15, 0.2) is 16.0 Å². The second-order valence-electron chi connectivity index (χ2n) is 8.33. The lowest BCUT2D eigenvalue weighted by Gasteiger charge is -2.29. The van der Waals surface area contributed by atoms with Gasteiger partial charge in [-0.3, -0.25) is 10.1 Å². The largest absolute Gasteiger partial charge is 0.476 e. The average Bonchev–Trinajstić information content (AvgIpc) is 3.42. The van der Waals surface area contributed by atoms with Gasteiger partial charge in [0.2, 0.25) is 0 Å². The van der Waals surface area contributed by atoms with Gasteiger partial charge in [-0.15, -0.1) is 22.7 Å². The Morgan fingerprint density at radius 2 is 1.97 bits per heavy atom. The summed E-state index contributed by atoms with van der Waals surface area (Å²) in [5.74, 6) is -1.08. The number of hydrogen-bond acceptors (Lipinski definition) is 7. The van der Waals surface area contributed by atoms with Gasteiger partial charge in [-0.1, -0.05) is 39.8 Å². The molecular formula is C24H28N4O3S2. The minimum atomic E-state index is -1.000. The molecule has 0 saturated heterocycles. The summed E-state index contributed by atoms with van der Waals surface area (Å²) in [5, 5.41) is 13.9. The van der Waals surface area contributed by atoms with Gasteiger partial charge in [0, 0.05) is 28.4 Å². The maximum absolute atomic E-state index is 13.2. The zero-order valence-electron chi connectivity index (χ0n) is 19.3. The Labute approximate surface area is 201 Å². The number of carboxylic acid groups (broad SMARTS) is 1. The molecule has 0 fully saturated rings. The molecule has 3 heterocycles. The van der Waals surface area contributed by atoms with Gasteiger partial charge >= 0.3 is 5.97 Å². The van der Waals surface area contributed by atoms with Gasteiger partial charge < -0.3 is 10.0 Å². The number of carbonyl (C=O) groups excluding carboxylic acids is 1. The fraction of sp³-hybridized carbons (Fsp3) is 0.417. The van der Waals surface area contributed by atoms with E-state index in [-0.39, 0.29) is 17.5 Å². The number of nitrogens with one attached hydrogen (secondary N) is 1. The summed E-state index contributed by atoms with van der Waals surface area (Å²) in [6.45, 7) is 9.37. The quantitative estimate of drug-likeness (QED) is 0.469. The van der Waals surface area contributed by atoms with E-state index >= 15 is 0 Å². The Kier molecular flexibility index (Phi) is 6.81. The van der Waals surface area contributed by atoms with Crippen molar-refractivity contribution in [2.75, 3.05) is 16.8 Å². The van der Waals surface area contributed by atoms with Crippen molar-refractivity contribution >= 4 is 44.8 Å². The number of rotatable bonds is 7. The topological polar surface area (TPSA) is 95.4 Å². The second kappa shape index (κ2) is 9.61. The number of aryl methyl sites for hydroxylation is 2. The molecule has 4 rings (SSSR count). The fourth-order valence-corrected chi connectivity index (χ4v) is 6.18. The third kappa shape index (κ3) is 4.65. The Bertz CT molecular complexity index is 1180. The number of amides is 1. The number of benzene rings is 1. The lowest BCUT2D eigenvalue weighted by Crippen LogP contribution is -2.32. The third-order valence-corrected chi connectivity index (χ3v) is 8.39. The normalized spacial score (nSPS) is 13.3. The number of anilines is 2. The molecule has 0 radical (unpaired) electrons. The number of hydrogen-bond donors (Lipinski definition) is 2. The van der Waals surface area contributed by atoms with E-state index in [0.29, 0.717) is 22.4 Å². The molecular weight excluding hydrogens is 456 g/mol. The first-order valence-electron chi connectivity index (χ1n) is 11.2. The highest BCUT2D eigenvalue weighted by molar-refractivity contribution is 7.16. The maximum Gasteiger partial charge on any atom is 0.355 e. The summed E-state index contributed by atoms with van der Waals surface area (Å²) >= 11 is 2.96. The zero-order valence-corrected chi connectivity index (χ0v) is 20.9. The lowest BCUT2D eigenvalue weighted by molar-refractivity contribution is 0.0689. The van der Waals surface area contributed by atoms with Crippen molar-refractivity contribution in [2.45, 2.75) is 59.4 Å². The monoisotopic (exact) mass is 484 g/mol. The summed E-state index contributed by atoms with van der Waals surface area (Å²) in [7, 11) is 0. The maximum atomic E-state index is 13.2. The van der Waals surface area contributed by atoms with Gasteiger partial charge in [-0.25, -0.2) is 14.8 Å². The minimum absolute atomic E-state index is 0.0834. The third-order valence-electron chi connectivity index (χ3n) is 5.81. The Morgan fingerprint density at radius 3 is 2.58 bits per heavy atom. The van der Waals surface area contributed by atoms with Gasteiger partial charge in [0.25, 0.3) is 5.91 Å². The first-order chi connectivity index (χ1) is 15.8. The first-order valence-corrected chi connectivity index (χ1v) is 12.8. The molecule has 174 valence electrons. The molecule has 1 amide bonds. The first kappa shape index (κ1) is 23.4. The van der Waals surface area contributed by atoms with Crippen LogP contribution in [0.1, 0.15) is 81.0 Å². The molecule has 0 spiro atoms. The standard InChI is InChI=1S/C24H28N4O3S2/c1-5-17-18(6-2)32-23(25-17)27-21(29)15-9-7-8-14-10-11-28(12-16(14)15)24-26-19(22(30)31)20(33-24)13(3)4/h7-9,13H,5-6,10-12H2,1-4H3,(H,30,31)(H,25,27,29). The molecule has 1 aliphatic rings. The molecule has 2 N–H and O–H groups in total. The number of aromatic carboxylic acids is 1. The van der Waals surface area contributed by atoms with E-state index in [2.05, 4.69) is 40.1 Å². The van der Waals surface area contributed by atoms with Crippen molar-refractivity contribution in [1.82, 2.24) is 9.97 Å². The van der Waals surface area contributed by atoms with Crippen LogP contribution in [-0.4, -0.2) is 33.5 Å². The van der Waals surface area contributed by atoms with E-state index in [0.717, 1.165) is 47.5 Å². The summed E-state index contributed by atoms with van der Waals surface area (Å²) in [6, 6.07) is 5.82. The van der Waals surface area contributed by atoms with Gasteiger partial charge in [0.1, 0.15) is 0 Å². The van der Waals surface area contributed by atoms with Crippen LogP contribution in [0.4, 0.5) is 10.3 Å². The molecule has 33 heavy (non-hydrogen) atoms. The van der Waals surface area contributed by atoms with Gasteiger partial charge in [-0.05, 0) is 42.4 Å². The zero-order chi connectivity index (χ0) is 23.7. The lowest BCUT2D eigenvalue weighted by atomic mass is 9.94. The summed E-state index contributed by atoms with van der Waals surface area (Å²) in [6.07, 6.45) is 2.51. The summed E-state index contributed by atoms with van der Waals surface area (Å²) < 4.78 is 0. The van der Waals surface area contributed by atoms with Gasteiger partial charge in [0.05, 0.1) is 5.69 Å². The Balaban J connectivity index is 1.61. The number of thiazole rings is 2. The summed E-state index contributed by atoms with van der Waals surface area (Å²) in [4.78, 5) is 38.0. The highest BCUT2D eigenvalue weighted by Gasteiger charge is 2.27. The molecule has 2 aromatic heterocycles. The molecule has 0 bridgehead atoms. The molecule has 7 nitrogen and oxygen atoms in total. The van der Waals surface area contributed by atoms with Crippen LogP contribution in [0, 0.1) is 0 Å². The van der Waals surface area contributed by atoms with Crippen LogP contribution in [0.5, 0.6) is 0 Å². The minimum Gasteiger partial charge on any atom is -0.476 e. The molecule has 1 aromatic carbocycles. The van der Waals surface area contributed by atoms with E-state index in [1.54, 1.807) is 0 Å². The Hall–Kier alpha value is -2.78. The highest BCUT2D eigenvalue weighted by Crippen LogP contribution is 2.35. The molecule has 3 aromatic rings.